The molecule has 3 aromatic heterocycles. The summed E-state index contributed by atoms with van der Waals surface area (Å²) in [5.41, 5.74) is 7.81. The predicted octanol–water partition coefficient (Wildman–Crippen LogP) is 1.90. The number of hydrogen-bond acceptors (Lipinski definition) is 8. The van der Waals surface area contributed by atoms with Gasteiger partial charge in [0.25, 0.3) is 0 Å². The van der Waals surface area contributed by atoms with Crippen molar-refractivity contribution < 1.29 is 9.18 Å². The van der Waals surface area contributed by atoms with Crippen LogP contribution in [0.25, 0.3) is 22.6 Å². The Bertz CT molecular complexity index is 1270. The van der Waals surface area contributed by atoms with Crippen LogP contribution in [0.2, 0.25) is 0 Å². The van der Waals surface area contributed by atoms with Gasteiger partial charge in [-0.05, 0) is 36.4 Å². The zero-order valence-corrected chi connectivity index (χ0v) is 17.7. The van der Waals surface area contributed by atoms with Crippen LogP contribution < -0.4 is 16.0 Å². The van der Waals surface area contributed by atoms with Crippen LogP contribution in [-0.4, -0.2) is 68.5 Å². The number of piperazine rings is 1. The van der Waals surface area contributed by atoms with Gasteiger partial charge in [-0.3, -0.25) is 9.69 Å². The van der Waals surface area contributed by atoms with Crippen LogP contribution in [0.4, 0.5) is 22.0 Å². The van der Waals surface area contributed by atoms with Gasteiger partial charge in [0.2, 0.25) is 11.9 Å². The monoisotopic (exact) mass is 447 g/mol. The Balaban J connectivity index is 1.29. The molecule has 0 radical (unpaired) electrons. The van der Waals surface area contributed by atoms with Crippen molar-refractivity contribution in [1.29, 1.82) is 0 Å². The summed E-state index contributed by atoms with van der Waals surface area (Å²) in [6.45, 7) is 2.94. The number of halogens is 1. The third kappa shape index (κ3) is 4.58. The number of nitrogen functional groups attached to an aromatic ring is 1. The summed E-state index contributed by atoms with van der Waals surface area (Å²) in [6.07, 6.45) is 1.64. The molecule has 168 valence electrons. The summed E-state index contributed by atoms with van der Waals surface area (Å²) in [5.74, 6) is 1.47. The summed E-state index contributed by atoms with van der Waals surface area (Å²) in [4.78, 5) is 37.1. The summed E-state index contributed by atoms with van der Waals surface area (Å²) in [6, 6.07) is 11.4. The lowest BCUT2D eigenvalue weighted by molar-refractivity contribution is -0.117. The van der Waals surface area contributed by atoms with Crippen LogP contribution in [0.1, 0.15) is 0 Å². The standard InChI is InChI=1S/C22H22FN9O/c23-15-6-4-14(5-7-15)19-27-18-20(28-19)29-22(24)30-21(18)32-11-9-31(10-12-32)13-17(33)26-16-3-1-2-8-25-16/h1-8H,9-13H2,(H,25,26,33)(H3,24,27,28,29,30). The molecule has 5 rings (SSSR count). The summed E-state index contributed by atoms with van der Waals surface area (Å²) < 4.78 is 13.3. The molecule has 1 saturated heterocycles. The summed E-state index contributed by atoms with van der Waals surface area (Å²) in [5, 5.41) is 2.81. The van der Waals surface area contributed by atoms with Gasteiger partial charge in [0.05, 0.1) is 6.54 Å². The minimum atomic E-state index is -0.314. The lowest BCUT2D eigenvalue weighted by Crippen LogP contribution is -2.49. The second kappa shape index (κ2) is 8.79. The number of nitrogens with one attached hydrogen (secondary N) is 2. The van der Waals surface area contributed by atoms with Crippen molar-refractivity contribution in [2.75, 3.05) is 48.7 Å². The van der Waals surface area contributed by atoms with Crippen LogP contribution in [-0.2, 0) is 4.79 Å². The molecule has 4 heterocycles. The Labute approximate surface area is 188 Å². The van der Waals surface area contributed by atoms with E-state index in [0.717, 1.165) is 5.56 Å². The fourth-order valence-corrected chi connectivity index (χ4v) is 3.81. The number of carbonyl (C=O) groups excluding carboxylic acids is 1. The van der Waals surface area contributed by atoms with E-state index in [1.54, 1.807) is 30.5 Å². The fraction of sp³-hybridized carbons (Fsp3) is 0.227. The van der Waals surface area contributed by atoms with E-state index in [-0.39, 0.29) is 24.2 Å². The Morgan fingerprint density at radius 1 is 1.06 bits per heavy atom. The molecule has 0 spiro atoms. The zero-order valence-electron chi connectivity index (χ0n) is 17.7. The number of carbonyl (C=O) groups is 1. The molecule has 1 fully saturated rings. The number of fused-ring (bicyclic) bond motifs is 1. The highest BCUT2D eigenvalue weighted by atomic mass is 19.1. The van der Waals surface area contributed by atoms with Crippen LogP contribution in [0.5, 0.6) is 0 Å². The van der Waals surface area contributed by atoms with E-state index in [0.29, 0.717) is 54.8 Å². The second-order valence-corrected chi connectivity index (χ2v) is 7.72. The number of aromatic amines is 1. The highest BCUT2D eigenvalue weighted by molar-refractivity contribution is 5.91. The third-order valence-electron chi connectivity index (χ3n) is 5.43. The predicted molar refractivity (Wildman–Crippen MR) is 123 cm³/mol. The lowest BCUT2D eigenvalue weighted by atomic mass is 10.2. The fourth-order valence-electron chi connectivity index (χ4n) is 3.81. The van der Waals surface area contributed by atoms with Crippen molar-refractivity contribution >= 4 is 34.7 Å². The molecule has 11 heteroatoms. The maximum atomic E-state index is 13.3. The van der Waals surface area contributed by atoms with Crippen LogP contribution in [0.3, 0.4) is 0 Å². The minimum Gasteiger partial charge on any atom is -0.368 e. The van der Waals surface area contributed by atoms with E-state index < -0.39 is 0 Å². The maximum Gasteiger partial charge on any atom is 0.239 e. The molecule has 0 unspecified atom stereocenters. The van der Waals surface area contributed by atoms with E-state index >= 15 is 0 Å². The Morgan fingerprint density at radius 3 is 2.58 bits per heavy atom. The molecule has 0 bridgehead atoms. The first-order valence-electron chi connectivity index (χ1n) is 10.5. The number of hydrogen-bond donors (Lipinski definition) is 3. The highest BCUT2D eigenvalue weighted by Crippen LogP contribution is 2.27. The van der Waals surface area contributed by atoms with Crippen LogP contribution >= 0.6 is 0 Å². The highest BCUT2D eigenvalue weighted by Gasteiger charge is 2.24. The number of amides is 1. The normalized spacial score (nSPS) is 14.5. The summed E-state index contributed by atoms with van der Waals surface area (Å²) >= 11 is 0. The van der Waals surface area contributed by atoms with E-state index in [1.807, 2.05) is 6.07 Å². The van der Waals surface area contributed by atoms with Crippen molar-refractivity contribution in [3.63, 3.8) is 0 Å². The molecule has 1 amide bonds. The number of H-pyrrole nitrogens is 1. The number of nitrogens with two attached hydrogens (primary N) is 1. The first-order valence-corrected chi connectivity index (χ1v) is 10.5. The molecule has 1 aromatic carbocycles. The lowest BCUT2D eigenvalue weighted by Gasteiger charge is -2.34. The molecular weight excluding hydrogens is 425 g/mol. The largest absolute Gasteiger partial charge is 0.368 e. The SMILES string of the molecule is Nc1nc(N2CCN(CC(=O)Nc3ccccn3)CC2)c2nc(-c3ccc(F)cc3)[nH]c2n1. The van der Waals surface area contributed by atoms with Crippen molar-refractivity contribution in [2.24, 2.45) is 0 Å². The molecule has 4 aromatic rings. The molecule has 0 atom stereocenters. The van der Waals surface area contributed by atoms with E-state index in [9.17, 15) is 9.18 Å². The minimum absolute atomic E-state index is 0.105. The first kappa shape index (κ1) is 20.8. The van der Waals surface area contributed by atoms with Gasteiger partial charge in [-0.25, -0.2) is 14.4 Å². The number of pyridine rings is 1. The topological polar surface area (TPSA) is 129 Å². The van der Waals surface area contributed by atoms with E-state index in [4.69, 9.17) is 5.73 Å². The average molecular weight is 447 g/mol. The van der Waals surface area contributed by atoms with Crippen LogP contribution in [0.15, 0.2) is 48.7 Å². The molecule has 0 saturated carbocycles. The van der Waals surface area contributed by atoms with Gasteiger partial charge in [0, 0.05) is 37.9 Å². The molecular formula is C22H22FN9O. The molecule has 1 aliphatic rings. The number of nitrogens with zero attached hydrogens (tertiary/aromatic N) is 6. The molecule has 0 aliphatic carbocycles. The van der Waals surface area contributed by atoms with Gasteiger partial charge in [-0.15, -0.1) is 0 Å². The number of rotatable bonds is 5. The maximum absolute atomic E-state index is 13.3. The Morgan fingerprint density at radius 2 is 1.85 bits per heavy atom. The van der Waals surface area contributed by atoms with Gasteiger partial charge in [-0.2, -0.15) is 9.97 Å². The van der Waals surface area contributed by atoms with Gasteiger partial charge in [0.15, 0.2) is 17.0 Å². The van der Waals surface area contributed by atoms with E-state index in [2.05, 4.69) is 40.0 Å². The third-order valence-corrected chi connectivity index (χ3v) is 5.43. The van der Waals surface area contributed by atoms with Gasteiger partial charge < -0.3 is 20.9 Å². The van der Waals surface area contributed by atoms with Crippen molar-refractivity contribution in [2.45, 2.75) is 0 Å². The second-order valence-electron chi connectivity index (χ2n) is 7.72. The Hall–Kier alpha value is -4.12. The average Bonchev–Trinajstić information content (AvgIpc) is 3.24. The van der Waals surface area contributed by atoms with Gasteiger partial charge >= 0.3 is 0 Å². The van der Waals surface area contributed by atoms with Crippen LogP contribution in [0, 0.1) is 5.82 Å². The number of aromatic nitrogens is 5. The molecule has 33 heavy (non-hydrogen) atoms. The quantitative estimate of drug-likeness (QED) is 0.423. The smallest absolute Gasteiger partial charge is 0.239 e. The number of imidazole rings is 1. The van der Waals surface area contributed by atoms with Gasteiger partial charge in [0.1, 0.15) is 17.5 Å². The van der Waals surface area contributed by atoms with Crippen molar-refractivity contribution in [3.8, 4) is 11.4 Å². The molecule has 10 nitrogen and oxygen atoms in total. The zero-order chi connectivity index (χ0) is 22.8. The van der Waals surface area contributed by atoms with Gasteiger partial charge in [-0.1, -0.05) is 6.07 Å². The van der Waals surface area contributed by atoms with Crippen molar-refractivity contribution in [3.05, 3.63) is 54.5 Å². The number of benzene rings is 1. The Kier molecular flexibility index (Phi) is 5.53. The first-order chi connectivity index (χ1) is 16.0. The van der Waals surface area contributed by atoms with Crippen molar-refractivity contribution in [1.82, 2.24) is 29.8 Å². The summed E-state index contributed by atoms with van der Waals surface area (Å²) in [7, 11) is 0. The molecule has 1 aliphatic heterocycles. The molecule has 4 N–H and O–H groups in total. The number of anilines is 3. The van der Waals surface area contributed by atoms with E-state index in [1.165, 1.54) is 12.1 Å².